The molecule has 1 saturated heterocycles. The molecule has 1 aliphatic heterocycles. The SMILES string of the molecule is CC(C)=CCc1c(O)cc(O)c2c(=O)c(O[C@@H]3O[C@@H](C)[C@@H](O)[C@@H](O)[C@H]3O)c(-c3ccc(O)cc3)oc12. The summed E-state index contributed by atoms with van der Waals surface area (Å²) in [4.78, 5) is 13.7. The Morgan fingerprint density at radius 1 is 1.00 bits per heavy atom. The number of allylic oxidation sites excluding steroid dienone is 2. The van der Waals surface area contributed by atoms with Crippen molar-refractivity contribution in [3.63, 3.8) is 0 Å². The first-order valence-corrected chi connectivity index (χ1v) is 11.3. The molecule has 4 rings (SSSR count). The monoisotopic (exact) mass is 500 g/mol. The fraction of sp³-hybridized carbons (Fsp3) is 0.346. The second kappa shape index (κ2) is 9.82. The molecule has 10 nitrogen and oxygen atoms in total. The molecule has 5 atom stereocenters. The lowest BCUT2D eigenvalue weighted by atomic mass is 10.00. The number of rotatable bonds is 5. The van der Waals surface area contributed by atoms with Crippen molar-refractivity contribution in [2.75, 3.05) is 0 Å². The maximum atomic E-state index is 13.7. The Bertz CT molecular complexity index is 1350. The van der Waals surface area contributed by atoms with Crippen LogP contribution < -0.4 is 10.2 Å². The average molecular weight is 501 g/mol. The Hall–Kier alpha value is -3.57. The number of aliphatic hydroxyl groups is 3. The van der Waals surface area contributed by atoms with E-state index >= 15 is 0 Å². The van der Waals surface area contributed by atoms with Gasteiger partial charge in [0.15, 0.2) is 5.76 Å². The number of aromatic hydroxyl groups is 3. The van der Waals surface area contributed by atoms with Gasteiger partial charge in [0.05, 0.1) is 6.10 Å². The van der Waals surface area contributed by atoms with E-state index in [4.69, 9.17) is 13.9 Å². The van der Waals surface area contributed by atoms with Gasteiger partial charge in [-0.05, 0) is 51.5 Å². The molecule has 2 aromatic carbocycles. The van der Waals surface area contributed by atoms with Gasteiger partial charge >= 0.3 is 0 Å². The fourth-order valence-electron chi connectivity index (χ4n) is 4.01. The number of hydrogen-bond donors (Lipinski definition) is 6. The number of phenolic OH excluding ortho intramolecular Hbond substituents is 3. The van der Waals surface area contributed by atoms with Gasteiger partial charge in [0.2, 0.25) is 17.5 Å². The van der Waals surface area contributed by atoms with Crippen molar-refractivity contribution in [3.8, 4) is 34.3 Å². The lowest BCUT2D eigenvalue weighted by Crippen LogP contribution is -2.58. The van der Waals surface area contributed by atoms with Crippen LogP contribution in [-0.2, 0) is 11.2 Å². The van der Waals surface area contributed by atoms with E-state index in [1.807, 2.05) is 19.9 Å². The molecule has 1 aromatic heterocycles. The van der Waals surface area contributed by atoms with E-state index in [9.17, 15) is 35.4 Å². The van der Waals surface area contributed by atoms with Crippen LogP contribution in [0.25, 0.3) is 22.3 Å². The molecule has 0 bridgehead atoms. The molecule has 0 aliphatic carbocycles. The van der Waals surface area contributed by atoms with Crippen LogP contribution in [0.15, 0.2) is 51.2 Å². The molecule has 0 radical (unpaired) electrons. The Kier molecular flexibility index (Phi) is 6.96. The van der Waals surface area contributed by atoms with Crippen molar-refractivity contribution in [1.29, 1.82) is 0 Å². The van der Waals surface area contributed by atoms with E-state index in [0.29, 0.717) is 5.56 Å². The zero-order chi connectivity index (χ0) is 26.3. The number of hydrogen-bond acceptors (Lipinski definition) is 10. The summed E-state index contributed by atoms with van der Waals surface area (Å²) in [7, 11) is 0. The van der Waals surface area contributed by atoms with E-state index in [0.717, 1.165) is 11.6 Å². The molecule has 192 valence electrons. The quantitative estimate of drug-likeness (QED) is 0.286. The summed E-state index contributed by atoms with van der Waals surface area (Å²) >= 11 is 0. The predicted molar refractivity (Wildman–Crippen MR) is 129 cm³/mol. The smallest absolute Gasteiger partial charge is 0.239 e. The molecule has 0 amide bonds. The van der Waals surface area contributed by atoms with Gasteiger partial charge in [-0.3, -0.25) is 4.79 Å². The Morgan fingerprint density at radius 2 is 1.67 bits per heavy atom. The van der Waals surface area contributed by atoms with E-state index in [2.05, 4.69) is 0 Å². The number of ether oxygens (including phenoxy) is 2. The molecule has 1 aliphatic rings. The molecule has 3 aromatic rings. The highest BCUT2D eigenvalue weighted by Gasteiger charge is 2.44. The molecular weight excluding hydrogens is 472 g/mol. The lowest BCUT2D eigenvalue weighted by Gasteiger charge is -2.38. The van der Waals surface area contributed by atoms with Crippen LogP contribution >= 0.6 is 0 Å². The topological polar surface area (TPSA) is 170 Å². The molecule has 6 N–H and O–H groups in total. The molecule has 0 saturated carbocycles. The summed E-state index contributed by atoms with van der Waals surface area (Å²) in [5.74, 6) is -1.43. The van der Waals surface area contributed by atoms with Gasteiger partial charge in [0, 0.05) is 17.2 Å². The Morgan fingerprint density at radius 3 is 2.31 bits per heavy atom. The van der Waals surface area contributed by atoms with Crippen molar-refractivity contribution in [2.45, 2.75) is 57.9 Å². The summed E-state index contributed by atoms with van der Waals surface area (Å²) in [6, 6.07) is 6.68. The number of fused-ring (bicyclic) bond motifs is 1. The minimum Gasteiger partial charge on any atom is -0.508 e. The van der Waals surface area contributed by atoms with Gasteiger partial charge in [-0.25, -0.2) is 0 Å². The van der Waals surface area contributed by atoms with Gasteiger partial charge in [-0.2, -0.15) is 0 Å². The molecule has 0 unspecified atom stereocenters. The zero-order valence-electron chi connectivity index (χ0n) is 19.9. The molecule has 0 spiro atoms. The maximum absolute atomic E-state index is 13.7. The summed E-state index contributed by atoms with van der Waals surface area (Å²) < 4.78 is 17.3. The first-order chi connectivity index (χ1) is 17.0. The first-order valence-electron chi connectivity index (χ1n) is 11.3. The van der Waals surface area contributed by atoms with E-state index < -0.39 is 47.6 Å². The molecule has 1 fully saturated rings. The number of aliphatic hydroxyl groups excluding tert-OH is 3. The lowest BCUT2D eigenvalue weighted by molar-refractivity contribution is -0.268. The minimum atomic E-state index is -1.71. The number of phenols is 3. The highest BCUT2D eigenvalue weighted by Crippen LogP contribution is 2.40. The highest BCUT2D eigenvalue weighted by molar-refractivity contribution is 5.91. The van der Waals surface area contributed by atoms with Crippen LogP contribution in [0.1, 0.15) is 26.3 Å². The predicted octanol–water partition coefficient (Wildman–Crippen LogP) is 2.29. The Balaban J connectivity index is 1.97. The van der Waals surface area contributed by atoms with Crippen LogP contribution in [0.4, 0.5) is 0 Å². The fourth-order valence-corrected chi connectivity index (χ4v) is 4.01. The first kappa shape index (κ1) is 25.5. The van der Waals surface area contributed by atoms with E-state index in [-0.39, 0.29) is 40.2 Å². The molecule has 36 heavy (non-hydrogen) atoms. The van der Waals surface area contributed by atoms with Crippen molar-refractivity contribution in [3.05, 3.63) is 57.8 Å². The average Bonchev–Trinajstić information content (AvgIpc) is 2.82. The maximum Gasteiger partial charge on any atom is 0.239 e. The van der Waals surface area contributed by atoms with Crippen LogP contribution in [0, 0.1) is 0 Å². The third-order valence-corrected chi connectivity index (χ3v) is 6.07. The summed E-state index contributed by atoms with van der Waals surface area (Å²) in [5, 5.41) is 61.1. The van der Waals surface area contributed by atoms with Crippen LogP contribution in [-0.4, -0.2) is 61.3 Å². The molecule has 10 heteroatoms. The highest BCUT2D eigenvalue weighted by atomic mass is 16.7. The second-order valence-electron chi connectivity index (χ2n) is 9.02. The van der Waals surface area contributed by atoms with Crippen LogP contribution in [0.2, 0.25) is 0 Å². The number of benzene rings is 2. The molecule has 2 heterocycles. The molecular formula is C26H28O10. The summed E-state index contributed by atoms with van der Waals surface area (Å²) in [6.45, 7) is 5.20. The third-order valence-electron chi connectivity index (χ3n) is 6.07. The van der Waals surface area contributed by atoms with Crippen molar-refractivity contribution in [2.24, 2.45) is 0 Å². The van der Waals surface area contributed by atoms with Gasteiger partial charge in [-0.15, -0.1) is 0 Å². The standard InChI is InChI=1S/C26H28O10/c1-11(2)4-9-15-16(28)10-17(29)18-20(31)25(36-26-22(33)21(32)19(30)12(3)34-26)23(35-24(15)18)13-5-7-14(27)8-6-13/h4-8,10,12,19,21-22,26-30,32-33H,9H2,1-3H3/t12-,19+,21+,22+,26-/m0/s1. The Labute approximate surface area is 205 Å². The van der Waals surface area contributed by atoms with Crippen molar-refractivity contribution < 1.29 is 44.5 Å². The summed E-state index contributed by atoms with van der Waals surface area (Å²) in [5.41, 5.74) is 0.624. The third kappa shape index (κ3) is 4.63. The van der Waals surface area contributed by atoms with Crippen molar-refractivity contribution in [1.82, 2.24) is 0 Å². The van der Waals surface area contributed by atoms with Gasteiger partial charge < -0.3 is 44.5 Å². The largest absolute Gasteiger partial charge is 0.508 e. The van der Waals surface area contributed by atoms with Crippen LogP contribution in [0.5, 0.6) is 23.0 Å². The van der Waals surface area contributed by atoms with Crippen LogP contribution in [0.3, 0.4) is 0 Å². The summed E-state index contributed by atoms with van der Waals surface area (Å²) in [6.07, 6.45) is -5.16. The van der Waals surface area contributed by atoms with E-state index in [1.54, 1.807) is 0 Å². The van der Waals surface area contributed by atoms with Crippen molar-refractivity contribution >= 4 is 11.0 Å². The van der Waals surface area contributed by atoms with Gasteiger partial charge in [0.1, 0.15) is 46.5 Å². The van der Waals surface area contributed by atoms with Gasteiger partial charge in [0.25, 0.3) is 0 Å². The second-order valence-corrected chi connectivity index (χ2v) is 9.02. The normalized spacial score (nSPS) is 24.0. The zero-order valence-corrected chi connectivity index (χ0v) is 19.9. The van der Waals surface area contributed by atoms with E-state index in [1.165, 1.54) is 31.2 Å². The minimum absolute atomic E-state index is 0.0409. The van der Waals surface area contributed by atoms with Gasteiger partial charge in [-0.1, -0.05) is 11.6 Å².